The summed E-state index contributed by atoms with van der Waals surface area (Å²) in [5.41, 5.74) is 2.26. The van der Waals surface area contributed by atoms with Crippen LogP contribution in [0.25, 0.3) is 0 Å². The van der Waals surface area contributed by atoms with Crippen molar-refractivity contribution >= 4 is 28.9 Å². The Morgan fingerprint density at radius 3 is 2.47 bits per heavy atom. The van der Waals surface area contributed by atoms with Crippen molar-refractivity contribution in [3.63, 3.8) is 0 Å². The Morgan fingerprint density at radius 1 is 1.00 bits per heavy atom. The molecule has 2 heterocycles. The van der Waals surface area contributed by atoms with Gasteiger partial charge in [0.05, 0.1) is 29.4 Å². The summed E-state index contributed by atoms with van der Waals surface area (Å²) in [6, 6.07) is 12.4. The van der Waals surface area contributed by atoms with E-state index in [1.54, 1.807) is 6.07 Å². The lowest BCUT2D eigenvalue weighted by molar-refractivity contribution is -0.384. The molecule has 0 aliphatic carbocycles. The van der Waals surface area contributed by atoms with Crippen LogP contribution in [0.4, 0.5) is 11.4 Å². The fourth-order valence-corrected chi connectivity index (χ4v) is 4.37. The van der Waals surface area contributed by atoms with Gasteiger partial charge >= 0.3 is 0 Å². The minimum absolute atomic E-state index is 0.0652. The Bertz CT molecular complexity index is 963. The molecule has 2 aromatic carbocycles. The number of benzene rings is 2. The van der Waals surface area contributed by atoms with Crippen molar-refractivity contribution in [3.8, 4) is 0 Å². The lowest BCUT2D eigenvalue weighted by atomic mass is 10.1. The third-order valence-electron chi connectivity index (χ3n) is 5.97. The van der Waals surface area contributed by atoms with Crippen LogP contribution in [-0.4, -0.2) is 73.1 Å². The van der Waals surface area contributed by atoms with Crippen LogP contribution in [0.3, 0.4) is 0 Å². The highest BCUT2D eigenvalue weighted by atomic mass is 35.5. The molecule has 0 bridgehead atoms. The summed E-state index contributed by atoms with van der Waals surface area (Å²) in [5, 5.41) is 12.1. The second-order valence-corrected chi connectivity index (χ2v) is 8.54. The maximum Gasteiger partial charge on any atom is 0.270 e. The van der Waals surface area contributed by atoms with Gasteiger partial charge in [-0.25, -0.2) is 0 Å². The number of carbonyl (C=O) groups is 1. The van der Waals surface area contributed by atoms with E-state index in [1.165, 1.54) is 17.7 Å². The highest BCUT2D eigenvalue weighted by Crippen LogP contribution is 2.28. The van der Waals surface area contributed by atoms with E-state index in [-0.39, 0.29) is 11.6 Å². The van der Waals surface area contributed by atoms with Crippen LogP contribution in [0.1, 0.15) is 22.3 Å². The molecular weight excluding hydrogens is 432 g/mol. The molecule has 0 atom stereocenters. The van der Waals surface area contributed by atoms with Crippen molar-refractivity contribution in [2.24, 2.45) is 0 Å². The molecule has 0 spiro atoms. The second-order valence-electron chi connectivity index (χ2n) is 8.11. The van der Waals surface area contributed by atoms with E-state index >= 15 is 0 Å². The minimum Gasteiger partial charge on any atom is -0.378 e. The molecule has 2 saturated heterocycles. The van der Waals surface area contributed by atoms with Gasteiger partial charge in [0.1, 0.15) is 0 Å². The fourth-order valence-electron chi connectivity index (χ4n) is 4.24. The fraction of sp³-hybridized carbons (Fsp3) is 0.435. The van der Waals surface area contributed by atoms with Gasteiger partial charge in [0, 0.05) is 63.0 Å². The SMILES string of the molecule is O=C(c1cc([N+](=O)[O-])ccc1N1CCOCC1)N1CCCN(Cc2ccc(Cl)cc2)CC1. The first-order valence-corrected chi connectivity index (χ1v) is 11.3. The number of anilines is 1. The monoisotopic (exact) mass is 458 g/mol. The van der Waals surface area contributed by atoms with Crippen molar-refractivity contribution < 1.29 is 14.5 Å². The first kappa shape index (κ1) is 22.5. The minimum atomic E-state index is -0.448. The predicted octanol–water partition coefficient (Wildman–Crippen LogP) is 3.43. The highest BCUT2D eigenvalue weighted by molar-refractivity contribution is 6.30. The van der Waals surface area contributed by atoms with Crippen LogP contribution in [0.2, 0.25) is 5.02 Å². The lowest BCUT2D eigenvalue weighted by Gasteiger charge is -2.31. The number of carbonyl (C=O) groups excluding carboxylic acids is 1. The van der Waals surface area contributed by atoms with Crippen LogP contribution < -0.4 is 4.90 Å². The van der Waals surface area contributed by atoms with Gasteiger partial charge in [-0.3, -0.25) is 19.8 Å². The summed E-state index contributed by atoms with van der Waals surface area (Å²) in [7, 11) is 0. The Morgan fingerprint density at radius 2 is 1.75 bits per heavy atom. The first-order chi connectivity index (χ1) is 15.5. The van der Waals surface area contributed by atoms with E-state index in [4.69, 9.17) is 16.3 Å². The van der Waals surface area contributed by atoms with E-state index in [1.807, 2.05) is 29.2 Å². The molecule has 2 fully saturated rings. The number of hydrogen-bond donors (Lipinski definition) is 0. The summed E-state index contributed by atoms with van der Waals surface area (Å²) in [5.74, 6) is -0.150. The van der Waals surface area contributed by atoms with Gasteiger partial charge in [0.2, 0.25) is 0 Å². The van der Waals surface area contributed by atoms with Gasteiger partial charge < -0.3 is 14.5 Å². The van der Waals surface area contributed by atoms with E-state index in [0.29, 0.717) is 45.0 Å². The molecule has 1 amide bonds. The molecule has 0 saturated carbocycles. The van der Waals surface area contributed by atoms with E-state index in [2.05, 4.69) is 9.80 Å². The van der Waals surface area contributed by atoms with Crippen LogP contribution >= 0.6 is 11.6 Å². The Kier molecular flexibility index (Phi) is 7.24. The number of morpholine rings is 1. The smallest absolute Gasteiger partial charge is 0.270 e. The molecule has 0 radical (unpaired) electrons. The third kappa shape index (κ3) is 5.38. The number of non-ortho nitro benzene ring substituents is 1. The van der Waals surface area contributed by atoms with Gasteiger partial charge in [0.15, 0.2) is 0 Å². The van der Waals surface area contributed by atoms with Gasteiger partial charge in [-0.2, -0.15) is 0 Å². The number of nitro benzene ring substituents is 1. The van der Waals surface area contributed by atoms with Crippen molar-refractivity contribution in [1.29, 1.82) is 0 Å². The topological polar surface area (TPSA) is 79.2 Å². The third-order valence-corrected chi connectivity index (χ3v) is 6.22. The molecule has 2 aliphatic rings. The molecular formula is C23H27ClN4O4. The summed E-state index contributed by atoms with van der Waals surface area (Å²) < 4.78 is 5.43. The van der Waals surface area contributed by atoms with Gasteiger partial charge in [0.25, 0.3) is 11.6 Å². The summed E-state index contributed by atoms with van der Waals surface area (Å²) in [6.07, 6.45) is 0.848. The number of ether oxygens (including phenoxy) is 1. The Hall–Kier alpha value is -2.68. The average Bonchev–Trinajstić information content (AvgIpc) is 3.06. The molecule has 0 N–H and O–H groups in total. The average molecular weight is 459 g/mol. The van der Waals surface area contributed by atoms with Crippen LogP contribution in [-0.2, 0) is 11.3 Å². The number of rotatable bonds is 5. The first-order valence-electron chi connectivity index (χ1n) is 10.9. The lowest BCUT2D eigenvalue weighted by Crippen LogP contribution is -2.39. The van der Waals surface area contributed by atoms with Crippen LogP contribution in [0, 0.1) is 10.1 Å². The van der Waals surface area contributed by atoms with E-state index < -0.39 is 4.92 Å². The molecule has 2 aliphatic heterocycles. The van der Waals surface area contributed by atoms with Gasteiger partial charge in [-0.15, -0.1) is 0 Å². The second kappa shape index (κ2) is 10.3. The molecule has 32 heavy (non-hydrogen) atoms. The van der Waals surface area contributed by atoms with E-state index in [0.717, 1.165) is 36.8 Å². The molecule has 2 aromatic rings. The molecule has 4 rings (SSSR count). The number of nitrogens with zero attached hydrogens (tertiary/aromatic N) is 4. The van der Waals surface area contributed by atoms with Crippen molar-refractivity contribution in [2.45, 2.75) is 13.0 Å². The molecule has 0 aromatic heterocycles. The Labute approximate surface area is 192 Å². The zero-order valence-electron chi connectivity index (χ0n) is 17.9. The van der Waals surface area contributed by atoms with Gasteiger partial charge in [-0.05, 0) is 30.2 Å². The quantitative estimate of drug-likeness (QED) is 0.504. The van der Waals surface area contributed by atoms with E-state index in [9.17, 15) is 14.9 Å². The number of nitro groups is 1. The summed E-state index contributed by atoms with van der Waals surface area (Å²) >= 11 is 5.98. The molecule has 9 heteroatoms. The number of hydrogen-bond acceptors (Lipinski definition) is 6. The zero-order chi connectivity index (χ0) is 22.5. The summed E-state index contributed by atoms with van der Waals surface area (Å²) in [6.45, 7) is 6.11. The maximum absolute atomic E-state index is 13.5. The van der Waals surface area contributed by atoms with Gasteiger partial charge in [-0.1, -0.05) is 23.7 Å². The largest absolute Gasteiger partial charge is 0.378 e. The van der Waals surface area contributed by atoms with Crippen molar-refractivity contribution in [1.82, 2.24) is 9.80 Å². The molecule has 170 valence electrons. The van der Waals surface area contributed by atoms with Crippen LogP contribution in [0.15, 0.2) is 42.5 Å². The highest BCUT2D eigenvalue weighted by Gasteiger charge is 2.27. The summed E-state index contributed by atoms with van der Waals surface area (Å²) in [4.78, 5) is 30.6. The number of amides is 1. The molecule has 8 nitrogen and oxygen atoms in total. The normalized spacial score (nSPS) is 17.8. The van der Waals surface area contributed by atoms with Crippen molar-refractivity contribution in [3.05, 3.63) is 68.7 Å². The number of halogens is 1. The molecule has 0 unspecified atom stereocenters. The van der Waals surface area contributed by atoms with Crippen LogP contribution in [0.5, 0.6) is 0 Å². The zero-order valence-corrected chi connectivity index (χ0v) is 18.7. The Balaban J connectivity index is 1.49. The predicted molar refractivity (Wildman–Crippen MR) is 123 cm³/mol. The van der Waals surface area contributed by atoms with Crippen molar-refractivity contribution in [2.75, 3.05) is 57.4 Å². The maximum atomic E-state index is 13.5. The standard InChI is InChI=1S/C23H27ClN4O4/c24-19-4-2-18(3-5-19)17-25-8-1-9-27(11-10-25)23(29)21-16-20(28(30)31)6-7-22(21)26-12-14-32-15-13-26/h2-7,16H,1,8-15,17H2.